The van der Waals surface area contributed by atoms with Crippen molar-refractivity contribution in [3.63, 3.8) is 0 Å². The Morgan fingerprint density at radius 3 is 2.67 bits per heavy atom. The highest BCUT2D eigenvalue weighted by Gasteiger charge is 2.43. The summed E-state index contributed by atoms with van der Waals surface area (Å²) in [6.07, 6.45) is 0.866. The van der Waals surface area contributed by atoms with Gasteiger partial charge in [-0.2, -0.15) is 4.98 Å². The molecule has 0 aliphatic carbocycles. The van der Waals surface area contributed by atoms with Crippen LogP contribution in [0, 0.1) is 19.7 Å². The van der Waals surface area contributed by atoms with Crippen molar-refractivity contribution in [2.75, 3.05) is 13.2 Å². The second-order valence-corrected chi connectivity index (χ2v) is 6.80. The minimum atomic E-state index is -0.581. The quantitative estimate of drug-likeness (QED) is 0.757. The molecule has 0 bridgehead atoms. The Labute approximate surface area is 154 Å². The van der Waals surface area contributed by atoms with Crippen LogP contribution in [0.1, 0.15) is 40.8 Å². The van der Waals surface area contributed by atoms with Crippen LogP contribution in [0.4, 0.5) is 4.39 Å². The van der Waals surface area contributed by atoms with E-state index in [4.69, 9.17) is 9.26 Å². The first kappa shape index (κ1) is 17.5. The molecule has 0 spiro atoms. The average molecular weight is 370 g/mol. The van der Waals surface area contributed by atoms with Crippen LogP contribution >= 0.6 is 0 Å². The highest BCUT2D eigenvalue weighted by atomic mass is 19.1. The van der Waals surface area contributed by atoms with Crippen LogP contribution in [0.25, 0.3) is 0 Å². The van der Waals surface area contributed by atoms with Crippen LogP contribution in [-0.2, 0) is 16.6 Å². The number of aromatic nitrogens is 4. The zero-order chi connectivity index (χ0) is 19.0. The van der Waals surface area contributed by atoms with Gasteiger partial charge in [0.2, 0.25) is 5.89 Å². The summed E-state index contributed by atoms with van der Waals surface area (Å²) < 4.78 is 24.4. The predicted molar refractivity (Wildman–Crippen MR) is 94.1 cm³/mol. The van der Waals surface area contributed by atoms with Crippen LogP contribution in [0.5, 0.6) is 0 Å². The maximum atomic E-state index is 13.3. The van der Waals surface area contributed by atoms with Crippen molar-refractivity contribution in [2.45, 2.75) is 32.1 Å². The fraction of sp³-hybridized carbons (Fsp3) is 0.368. The van der Waals surface area contributed by atoms with Gasteiger partial charge in [-0.25, -0.2) is 9.37 Å². The van der Waals surface area contributed by atoms with Gasteiger partial charge in [0.1, 0.15) is 11.6 Å². The van der Waals surface area contributed by atoms with Crippen molar-refractivity contribution in [1.82, 2.24) is 20.1 Å². The van der Waals surface area contributed by atoms with Crippen molar-refractivity contribution < 1.29 is 13.7 Å². The number of benzene rings is 1. The van der Waals surface area contributed by atoms with Gasteiger partial charge in [0.15, 0.2) is 5.82 Å². The van der Waals surface area contributed by atoms with E-state index >= 15 is 0 Å². The summed E-state index contributed by atoms with van der Waals surface area (Å²) in [7, 11) is 0. The highest BCUT2D eigenvalue weighted by Crippen LogP contribution is 2.38. The molecule has 1 fully saturated rings. The molecular weight excluding hydrogens is 351 g/mol. The Morgan fingerprint density at radius 1 is 1.22 bits per heavy atom. The number of ether oxygens (including phenoxy) is 1. The molecule has 140 valence electrons. The molecule has 2 aromatic heterocycles. The molecule has 0 radical (unpaired) electrons. The van der Waals surface area contributed by atoms with Gasteiger partial charge in [0.25, 0.3) is 5.56 Å². The summed E-state index contributed by atoms with van der Waals surface area (Å²) in [5.74, 6) is 1.07. The number of aryl methyl sites for hydroxylation is 2. The van der Waals surface area contributed by atoms with Crippen LogP contribution in [0.15, 0.2) is 33.6 Å². The molecule has 1 aliphatic rings. The van der Waals surface area contributed by atoms with E-state index in [1.807, 2.05) is 0 Å². The van der Waals surface area contributed by atoms with Crippen molar-refractivity contribution in [3.05, 3.63) is 74.8 Å². The molecule has 8 heteroatoms. The average Bonchev–Trinajstić information content (AvgIpc) is 3.29. The molecule has 1 aromatic carbocycles. The third-order valence-corrected chi connectivity index (χ3v) is 4.98. The smallest absolute Gasteiger partial charge is 0.254 e. The number of H-pyrrole nitrogens is 1. The molecule has 1 saturated heterocycles. The maximum absolute atomic E-state index is 13.3. The number of nitrogens with one attached hydrogen (secondary N) is 1. The summed E-state index contributed by atoms with van der Waals surface area (Å²) in [6, 6.07) is 6.27. The summed E-state index contributed by atoms with van der Waals surface area (Å²) in [6.45, 7) is 4.46. The summed E-state index contributed by atoms with van der Waals surface area (Å²) >= 11 is 0. The van der Waals surface area contributed by atoms with Crippen LogP contribution in [-0.4, -0.2) is 33.3 Å². The molecule has 27 heavy (non-hydrogen) atoms. The van der Waals surface area contributed by atoms with Gasteiger partial charge in [-0.3, -0.25) is 4.79 Å². The molecule has 3 aromatic rings. The number of hydrogen-bond acceptors (Lipinski definition) is 6. The van der Waals surface area contributed by atoms with Gasteiger partial charge in [0.05, 0.1) is 18.4 Å². The van der Waals surface area contributed by atoms with Crippen LogP contribution in [0.2, 0.25) is 0 Å². The minimum Gasteiger partial charge on any atom is -0.380 e. The van der Waals surface area contributed by atoms with E-state index in [1.54, 1.807) is 26.0 Å². The van der Waals surface area contributed by atoms with E-state index < -0.39 is 5.41 Å². The van der Waals surface area contributed by atoms with Crippen molar-refractivity contribution >= 4 is 0 Å². The van der Waals surface area contributed by atoms with Gasteiger partial charge in [-0.1, -0.05) is 17.3 Å². The van der Waals surface area contributed by atoms with Gasteiger partial charge < -0.3 is 14.2 Å². The fourth-order valence-corrected chi connectivity index (χ4v) is 3.50. The first-order valence-corrected chi connectivity index (χ1v) is 8.71. The summed E-state index contributed by atoms with van der Waals surface area (Å²) in [4.78, 5) is 23.7. The van der Waals surface area contributed by atoms with E-state index in [1.165, 1.54) is 12.1 Å². The Hall–Kier alpha value is -2.87. The monoisotopic (exact) mass is 370 g/mol. The Bertz CT molecular complexity index is 1020. The molecular formula is C19H19FN4O3. The minimum absolute atomic E-state index is 0.196. The third kappa shape index (κ3) is 3.16. The molecule has 1 unspecified atom stereocenters. The highest BCUT2D eigenvalue weighted by molar-refractivity contribution is 5.34. The standard InChI is InChI=1S/C19H19FN4O3/c1-11-15(17(25)22-12(2)21-11)9-16-23-18(24-27-16)19(7-8-26-10-19)13-3-5-14(20)6-4-13/h3-6H,7-10H2,1-2H3,(H,21,22,25). The summed E-state index contributed by atoms with van der Waals surface area (Å²) in [5, 5.41) is 4.15. The van der Waals surface area contributed by atoms with E-state index in [2.05, 4.69) is 20.1 Å². The zero-order valence-corrected chi connectivity index (χ0v) is 15.1. The van der Waals surface area contributed by atoms with Crippen molar-refractivity contribution in [2.24, 2.45) is 0 Å². The SMILES string of the molecule is Cc1nc(C)c(Cc2nc(C3(c4ccc(F)cc4)CCOC3)no2)c(=O)[nH]1. The normalized spacial score (nSPS) is 19.5. The van der Waals surface area contributed by atoms with Crippen LogP contribution in [0.3, 0.4) is 0 Å². The Morgan fingerprint density at radius 2 is 2.00 bits per heavy atom. The lowest BCUT2D eigenvalue weighted by Gasteiger charge is -2.23. The van der Waals surface area contributed by atoms with E-state index in [0.717, 1.165) is 5.56 Å². The molecule has 1 aliphatic heterocycles. The first-order chi connectivity index (χ1) is 13.0. The molecule has 1 atom stereocenters. The number of halogens is 1. The molecule has 4 rings (SSSR count). The largest absolute Gasteiger partial charge is 0.380 e. The Kier molecular flexibility index (Phi) is 4.35. The molecule has 0 amide bonds. The zero-order valence-electron chi connectivity index (χ0n) is 15.1. The number of nitrogens with zero attached hydrogens (tertiary/aromatic N) is 3. The second-order valence-electron chi connectivity index (χ2n) is 6.80. The topological polar surface area (TPSA) is 93.9 Å². The molecule has 7 nitrogen and oxygen atoms in total. The lowest BCUT2D eigenvalue weighted by Crippen LogP contribution is -2.29. The predicted octanol–water partition coefficient (Wildman–Crippen LogP) is 2.21. The fourth-order valence-electron chi connectivity index (χ4n) is 3.50. The van der Waals surface area contributed by atoms with Crippen LogP contribution < -0.4 is 5.56 Å². The maximum Gasteiger partial charge on any atom is 0.254 e. The van der Waals surface area contributed by atoms with Gasteiger partial charge in [-0.05, 0) is 38.0 Å². The van der Waals surface area contributed by atoms with E-state index in [9.17, 15) is 9.18 Å². The first-order valence-electron chi connectivity index (χ1n) is 8.71. The second kappa shape index (κ2) is 6.70. The molecule has 3 heterocycles. The Balaban J connectivity index is 1.69. The lowest BCUT2D eigenvalue weighted by molar-refractivity contribution is 0.182. The van der Waals surface area contributed by atoms with E-state index in [-0.39, 0.29) is 17.8 Å². The van der Waals surface area contributed by atoms with Gasteiger partial charge in [-0.15, -0.1) is 0 Å². The van der Waals surface area contributed by atoms with Gasteiger partial charge in [0, 0.05) is 17.9 Å². The molecule has 1 N–H and O–H groups in total. The molecule has 0 saturated carbocycles. The van der Waals surface area contributed by atoms with Gasteiger partial charge >= 0.3 is 0 Å². The van der Waals surface area contributed by atoms with E-state index in [0.29, 0.717) is 48.4 Å². The summed E-state index contributed by atoms with van der Waals surface area (Å²) in [5.41, 5.74) is 1.21. The number of rotatable bonds is 4. The third-order valence-electron chi connectivity index (χ3n) is 4.98. The van der Waals surface area contributed by atoms with Crippen molar-refractivity contribution in [3.8, 4) is 0 Å². The number of hydrogen-bond donors (Lipinski definition) is 1. The number of aromatic amines is 1. The lowest BCUT2D eigenvalue weighted by atomic mass is 9.79. The van der Waals surface area contributed by atoms with Crippen molar-refractivity contribution in [1.29, 1.82) is 0 Å².